The SMILES string of the molecule is CNCCc1ccsc1Br. The summed E-state index contributed by atoms with van der Waals surface area (Å²) in [6.07, 6.45) is 1.11. The number of hydrogen-bond donors (Lipinski definition) is 1. The van der Waals surface area contributed by atoms with Crippen molar-refractivity contribution < 1.29 is 0 Å². The summed E-state index contributed by atoms with van der Waals surface area (Å²) < 4.78 is 1.27. The maximum Gasteiger partial charge on any atom is 0.0730 e. The minimum absolute atomic E-state index is 1.05. The van der Waals surface area contributed by atoms with Crippen molar-refractivity contribution in [1.82, 2.24) is 5.32 Å². The van der Waals surface area contributed by atoms with E-state index in [0.29, 0.717) is 0 Å². The van der Waals surface area contributed by atoms with Crippen LogP contribution in [-0.2, 0) is 6.42 Å². The molecular formula is C7H10BrNS. The van der Waals surface area contributed by atoms with Crippen molar-refractivity contribution in [3.63, 3.8) is 0 Å². The lowest BCUT2D eigenvalue weighted by Crippen LogP contribution is -2.09. The monoisotopic (exact) mass is 219 g/mol. The van der Waals surface area contributed by atoms with Gasteiger partial charge in [-0.3, -0.25) is 0 Å². The molecule has 0 unspecified atom stereocenters. The van der Waals surface area contributed by atoms with Crippen LogP contribution in [0.5, 0.6) is 0 Å². The Morgan fingerprint density at radius 1 is 1.70 bits per heavy atom. The first-order valence-electron chi connectivity index (χ1n) is 3.21. The Labute approximate surface area is 73.6 Å². The number of rotatable bonds is 3. The highest BCUT2D eigenvalue weighted by Crippen LogP contribution is 2.23. The Kier molecular flexibility index (Phi) is 3.39. The molecule has 1 nitrogen and oxygen atoms in total. The number of thiophene rings is 1. The van der Waals surface area contributed by atoms with Crippen LogP contribution in [0.25, 0.3) is 0 Å². The van der Waals surface area contributed by atoms with Gasteiger partial charge in [0.1, 0.15) is 0 Å². The molecule has 3 heteroatoms. The maximum atomic E-state index is 3.49. The molecule has 0 aliphatic carbocycles. The molecule has 0 amide bonds. The molecule has 0 bridgehead atoms. The van der Waals surface area contributed by atoms with Crippen LogP contribution in [0.4, 0.5) is 0 Å². The second-order valence-corrected chi connectivity index (χ2v) is 4.31. The number of nitrogens with one attached hydrogen (secondary N) is 1. The van der Waals surface area contributed by atoms with Crippen LogP contribution >= 0.6 is 27.3 Å². The van der Waals surface area contributed by atoms with E-state index in [-0.39, 0.29) is 0 Å². The number of likely N-dealkylation sites (N-methyl/N-ethyl adjacent to an activating group) is 1. The minimum atomic E-state index is 1.05. The Balaban J connectivity index is 2.49. The van der Waals surface area contributed by atoms with Crippen LogP contribution in [0.2, 0.25) is 0 Å². The molecule has 10 heavy (non-hydrogen) atoms. The lowest BCUT2D eigenvalue weighted by atomic mass is 10.2. The predicted octanol–water partition coefficient (Wildman–Crippen LogP) is 2.27. The topological polar surface area (TPSA) is 12.0 Å². The fraction of sp³-hybridized carbons (Fsp3) is 0.429. The first-order valence-corrected chi connectivity index (χ1v) is 4.88. The van der Waals surface area contributed by atoms with E-state index in [2.05, 4.69) is 32.7 Å². The second kappa shape index (κ2) is 4.11. The van der Waals surface area contributed by atoms with Gasteiger partial charge in [0.25, 0.3) is 0 Å². The third-order valence-corrected chi connectivity index (χ3v) is 3.15. The normalized spacial score (nSPS) is 10.2. The molecule has 0 atom stereocenters. The van der Waals surface area contributed by atoms with Crippen molar-refractivity contribution in [3.8, 4) is 0 Å². The maximum absolute atomic E-state index is 3.49. The molecule has 1 rings (SSSR count). The highest BCUT2D eigenvalue weighted by molar-refractivity contribution is 9.11. The van der Waals surface area contributed by atoms with Gasteiger partial charge >= 0.3 is 0 Å². The molecule has 0 saturated heterocycles. The third-order valence-electron chi connectivity index (χ3n) is 1.34. The largest absolute Gasteiger partial charge is 0.319 e. The van der Waals surface area contributed by atoms with E-state index in [4.69, 9.17) is 0 Å². The lowest BCUT2D eigenvalue weighted by Gasteiger charge is -1.96. The molecule has 0 saturated carbocycles. The van der Waals surface area contributed by atoms with Gasteiger partial charge in [-0.05, 0) is 53.0 Å². The summed E-state index contributed by atoms with van der Waals surface area (Å²) in [7, 11) is 1.97. The van der Waals surface area contributed by atoms with Crippen molar-refractivity contribution in [1.29, 1.82) is 0 Å². The van der Waals surface area contributed by atoms with Gasteiger partial charge in [-0.2, -0.15) is 0 Å². The van der Waals surface area contributed by atoms with E-state index in [1.807, 2.05) is 7.05 Å². The average molecular weight is 220 g/mol. The molecule has 1 aromatic rings. The molecule has 1 N–H and O–H groups in total. The lowest BCUT2D eigenvalue weighted by molar-refractivity contribution is 0.792. The molecule has 1 heterocycles. The Bertz CT molecular complexity index is 197. The zero-order valence-corrected chi connectivity index (χ0v) is 8.26. The first-order chi connectivity index (χ1) is 4.84. The number of hydrogen-bond acceptors (Lipinski definition) is 2. The average Bonchev–Trinajstić information content (AvgIpc) is 2.31. The van der Waals surface area contributed by atoms with Crippen LogP contribution in [-0.4, -0.2) is 13.6 Å². The zero-order chi connectivity index (χ0) is 7.40. The molecule has 1 aromatic heterocycles. The van der Waals surface area contributed by atoms with E-state index in [1.165, 1.54) is 9.35 Å². The van der Waals surface area contributed by atoms with Crippen molar-refractivity contribution in [2.75, 3.05) is 13.6 Å². The minimum Gasteiger partial charge on any atom is -0.319 e. The Hall–Kier alpha value is 0.140. The van der Waals surface area contributed by atoms with Crippen LogP contribution in [0.15, 0.2) is 15.2 Å². The molecule has 0 spiro atoms. The summed E-state index contributed by atoms with van der Waals surface area (Å²) in [5.41, 5.74) is 1.40. The highest BCUT2D eigenvalue weighted by atomic mass is 79.9. The molecular weight excluding hydrogens is 210 g/mol. The van der Waals surface area contributed by atoms with Crippen molar-refractivity contribution in [2.45, 2.75) is 6.42 Å². The molecule has 0 aliphatic rings. The summed E-state index contributed by atoms with van der Waals surface area (Å²) in [5.74, 6) is 0. The fourth-order valence-corrected chi connectivity index (χ4v) is 2.09. The Morgan fingerprint density at radius 2 is 2.50 bits per heavy atom. The van der Waals surface area contributed by atoms with Crippen LogP contribution in [0.1, 0.15) is 5.56 Å². The third kappa shape index (κ3) is 2.08. The van der Waals surface area contributed by atoms with Gasteiger partial charge in [-0.15, -0.1) is 11.3 Å². The van der Waals surface area contributed by atoms with Gasteiger partial charge < -0.3 is 5.32 Å². The van der Waals surface area contributed by atoms with Crippen molar-refractivity contribution in [2.24, 2.45) is 0 Å². The summed E-state index contributed by atoms with van der Waals surface area (Å²) in [4.78, 5) is 0. The van der Waals surface area contributed by atoms with E-state index >= 15 is 0 Å². The number of halogens is 1. The van der Waals surface area contributed by atoms with Gasteiger partial charge in [0.15, 0.2) is 0 Å². The molecule has 0 aromatic carbocycles. The summed E-state index contributed by atoms with van der Waals surface area (Å²) in [6, 6.07) is 2.16. The van der Waals surface area contributed by atoms with Gasteiger partial charge in [-0.1, -0.05) is 0 Å². The van der Waals surface area contributed by atoms with Gasteiger partial charge in [0.05, 0.1) is 3.79 Å². The van der Waals surface area contributed by atoms with Crippen LogP contribution in [0, 0.1) is 0 Å². The summed E-state index contributed by atoms with van der Waals surface area (Å²) in [6.45, 7) is 1.05. The van der Waals surface area contributed by atoms with Crippen LogP contribution in [0.3, 0.4) is 0 Å². The molecule has 0 aliphatic heterocycles. The smallest absolute Gasteiger partial charge is 0.0730 e. The van der Waals surface area contributed by atoms with Crippen molar-refractivity contribution >= 4 is 27.3 Å². The van der Waals surface area contributed by atoms with E-state index in [0.717, 1.165) is 13.0 Å². The van der Waals surface area contributed by atoms with Crippen molar-refractivity contribution in [3.05, 3.63) is 20.8 Å². The highest BCUT2D eigenvalue weighted by Gasteiger charge is 1.98. The van der Waals surface area contributed by atoms with Gasteiger partial charge in [-0.25, -0.2) is 0 Å². The summed E-state index contributed by atoms with van der Waals surface area (Å²) in [5, 5.41) is 5.22. The predicted molar refractivity (Wildman–Crippen MR) is 49.6 cm³/mol. The van der Waals surface area contributed by atoms with Crippen LogP contribution < -0.4 is 5.32 Å². The quantitative estimate of drug-likeness (QED) is 0.823. The fourth-order valence-electron chi connectivity index (χ4n) is 0.758. The van der Waals surface area contributed by atoms with Gasteiger partial charge in [0.2, 0.25) is 0 Å². The van der Waals surface area contributed by atoms with Gasteiger partial charge in [0, 0.05) is 0 Å². The standard InChI is InChI=1S/C7H10BrNS/c1-9-4-2-6-3-5-10-7(6)8/h3,5,9H,2,4H2,1H3. The van der Waals surface area contributed by atoms with E-state index in [9.17, 15) is 0 Å². The Morgan fingerprint density at radius 3 is 3.00 bits per heavy atom. The second-order valence-electron chi connectivity index (χ2n) is 2.07. The van der Waals surface area contributed by atoms with E-state index in [1.54, 1.807) is 11.3 Å². The summed E-state index contributed by atoms with van der Waals surface area (Å²) >= 11 is 5.23. The zero-order valence-electron chi connectivity index (χ0n) is 5.86. The molecule has 0 fully saturated rings. The molecule has 56 valence electrons. The first kappa shape index (κ1) is 8.24. The molecule has 0 radical (unpaired) electrons. The van der Waals surface area contributed by atoms with E-state index < -0.39 is 0 Å².